The van der Waals surface area contributed by atoms with Gasteiger partial charge in [0, 0.05) is 28.8 Å². The van der Waals surface area contributed by atoms with Crippen molar-refractivity contribution < 1.29 is 0 Å². The molecule has 2 nitrogen and oxygen atoms in total. The van der Waals surface area contributed by atoms with Crippen LogP contribution in [0.15, 0.2) is 47.2 Å². The third kappa shape index (κ3) is 3.47. The summed E-state index contributed by atoms with van der Waals surface area (Å²) in [6.07, 6.45) is 3.73. The largest absolute Gasteiger partial charge is 0.310 e. The van der Waals surface area contributed by atoms with Crippen LogP contribution in [0.3, 0.4) is 0 Å². The van der Waals surface area contributed by atoms with Gasteiger partial charge in [0.15, 0.2) is 0 Å². The zero-order chi connectivity index (χ0) is 14.5. The van der Waals surface area contributed by atoms with E-state index in [1.54, 1.807) is 0 Å². The van der Waals surface area contributed by atoms with E-state index >= 15 is 0 Å². The van der Waals surface area contributed by atoms with E-state index in [2.05, 4.69) is 77.3 Å². The topological polar surface area (TPSA) is 24.9 Å². The highest BCUT2D eigenvalue weighted by molar-refractivity contribution is 9.10. The number of hydrogen-bond acceptors (Lipinski definition) is 2. The van der Waals surface area contributed by atoms with Gasteiger partial charge in [-0.15, -0.1) is 0 Å². The molecule has 1 N–H and O–H groups in total. The summed E-state index contributed by atoms with van der Waals surface area (Å²) in [5.74, 6) is 0.401. The number of nitrogens with zero attached hydrogens (tertiary/aromatic N) is 1. The molecule has 0 amide bonds. The second-order valence-corrected chi connectivity index (χ2v) is 5.97. The van der Waals surface area contributed by atoms with Gasteiger partial charge in [0.2, 0.25) is 0 Å². The highest BCUT2D eigenvalue weighted by atomic mass is 79.9. The van der Waals surface area contributed by atoms with Gasteiger partial charge >= 0.3 is 0 Å². The van der Waals surface area contributed by atoms with Gasteiger partial charge in [-0.1, -0.05) is 41.9 Å². The fourth-order valence-corrected chi connectivity index (χ4v) is 2.77. The van der Waals surface area contributed by atoms with E-state index in [1.807, 2.05) is 12.4 Å². The smallest absolute Gasteiger partial charge is 0.0386 e. The van der Waals surface area contributed by atoms with Gasteiger partial charge in [-0.25, -0.2) is 0 Å². The maximum atomic E-state index is 4.10. The number of hydrogen-bond donors (Lipinski definition) is 1. The van der Waals surface area contributed by atoms with E-state index in [-0.39, 0.29) is 0 Å². The first-order chi connectivity index (χ1) is 9.63. The number of halogens is 1. The lowest BCUT2D eigenvalue weighted by Gasteiger charge is -2.26. The maximum absolute atomic E-state index is 4.10. The van der Waals surface area contributed by atoms with Crippen LogP contribution in [0.2, 0.25) is 0 Å². The maximum Gasteiger partial charge on any atom is 0.0386 e. The molecule has 3 heteroatoms. The Balaban J connectivity index is 2.33. The van der Waals surface area contributed by atoms with Crippen LogP contribution in [0.25, 0.3) is 0 Å². The van der Waals surface area contributed by atoms with Gasteiger partial charge in [-0.2, -0.15) is 0 Å². The van der Waals surface area contributed by atoms with E-state index in [0.717, 1.165) is 11.0 Å². The molecule has 106 valence electrons. The molecule has 0 aliphatic carbocycles. The second kappa shape index (κ2) is 7.00. The van der Waals surface area contributed by atoms with Crippen LogP contribution in [0.4, 0.5) is 0 Å². The van der Waals surface area contributed by atoms with Crippen molar-refractivity contribution in [1.82, 2.24) is 10.3 Å². The zero-order valence-electron chi connectivity index (χ0n) is 12.2. The molecule has 1 aromatic heterocycles. The van der Waals surface area contributed by atoms with Gasteiger partial charge in [-0.3, -0.25) is 4.98 Å². The van der Waals surface area contributed by atoms with Crippen molar-refractivity contribution in [3.63, 3.8) is 0 Å². The van der Waals surface area contributed by atoms with E-state index in [4.69, 9.17) is 0 Å². The number of nitrogens with one attached hydrogen (secondary N) is 1. The Kier molecular flexibility index (Phi) is 5.32. The van der Waals surface area contributed by atoms with Crippen LogP contribution in [-0.2, 0) is 0 Å². The molecule has 2 unspecified atom stereocenters. The summed E-state index contributed by atoms with van der Waals surface area (Å²) < 4.78 is 1.16. The average Bonchev–Trinajstić information content (AvgIpc) is 2.48. The first kappa shape index (κ1) is 15.2. The zero-order valence-corrected chi connectivity index (χ0v) is 13.8. The number of rotatable bonds is 5. The molecule has 2 aromatic rings. The molecular formula is C17H21BrN2. The van der Waals surface area contributed by atoms with Crippen LogP contribution in [0, 0.1) is 6.92 Å². The molecule has 0 fully saturated rings. The summed E-state index contributed by atoms with van der Waals surface area (Å²) in [4.78, 5) is 4.10. The highest BCUT2D eigenvalue weighted by Gasteiger charge is 2.20. The van der Waals surface area contributed by atoms with Crippen molar-refractivity contribution in [2.45, 2.75) is 32.7 Å². The Morgan fingerprint density at radius 2 is 1.85 bits per heavy atom. The average molecular weight is 333 g/mol. The van der Waals surface area contributed by atoms with E-state index in [1.165, 1.54) is 16.7 Å². The number of pyridine rings is 1. The number of benzene rings is 1. The lowest BCUT2D eigenvalue weighted by Crippen LogP contribution is -2.25. The molecule has 2 rings (SSSR count). The van der Waals surface area contributed by atoms with E-state index in [9.17, 15) is 0 Å². The van der Waals surface area contributed by atoms with Crippen molar-refractivity contribution in [2.24, 2.45) is 0 Å². The predicted molar refractivity (Wildman–Crippen MR) is 87.9 cm³/mol. The molecule has 0 saturated carbocycles. The van der Waals surface area contributed by atoms with Crippen LogP contribution < -0.4 is 5.32 Å². The molecule has 20 heavy (non-hydrogen) atoms. The fraction of sp³-hybridized carbons (Fsp3) is 0.353. The Labute approximate surface area is 129 Å². The fourth-order valence-electron chi connectivity index (χ4n) is 2.52. The summed E-state index contributed by atoms with van der Waals surface area (Å²) in [6, 6.07) is 11.1. The van der Waals surface area contributed by atoms with Crippen LogP contribution in [0.1, 0.15) is 42.5 Å². The van der Waals surface area contributed by atoms with Crippen LogP contribution in [-0.4, -0.2) is 11.5 Å². The molecule has 0 saturated heterocycles. The Hall–Kier alpha value is -1.19. The molecule has 0 radical (unpaired) electrons. The summed E-state index contributed by atoms with van der Waals surface area (Å²) in [5, 5.41) is 3.61. The summed E-state index contributed by atoms with van der Waals surface area (Å²) in [6.45, 7) is 7.50. The number of aryl methyl sites for hydroxylation is 1. The Morgan fingerprint density at radius 1 is 1.15 bits per heavy atom. The Bertz CT molecular complexity index is 554. The third-order valence-corrected chi connectivity index (χ3v) is 4.59. The molecule has 0 spiro atoms. The first-order valence-electron chi connectivity index (χ1n) is 7.02. The molecule has 1 aromatic carbocycles. The van der Waals surface area contributed by atoms with Crippen molar-refractivity contribution in [3.05, 3.63) is 63.9 Å². The Morgan fingerprint density at radius 3 is 2.45 bits per heavy atom. The van der Waals surface area contributed by atoms with Gasteiger partial charge in [0.25, 0.3) is 0 Å². The summed E-state index contributed by atoms with van der Waals surface area (Å²) >= 11 is 3.57. The minimum Gasteiger partial charge on any atom is -0.310 e. The van der Waals surface area contributed by atoms with Crippen molar-refractivity contribution in [3.8, 4) is 0 Å². The van der Waals surface area contributed by atoms with Gasteiger partial charge in [0.05, 0.1) is 0 Å². The summed E-state index contributed by atoms with van der Waals surface area (Å²) in [7, 11) is 0. The minimum absolute atomic E-state index is 0.314. The van der Waals surface area contributed by atoms with Gasteiger partial charge in [0.1, 0.15) is 0 Å². The quantitative estimate of drug-likeness (QED) is 0.864. The van der Waals surface area contributed by atoms with E-state index in [0.29, 0.717) is 12.0 Å². The lowest BCUT2D eigenvalue weighted by atomic mass is 9.88. The number of likely N-dealkylation sites (N-methyl/N-ethyl adjacent to an activating group) is 1. The van der Waals surface area contributed by atoms with Gasteiger partial charge < -0.3 is 5.32 Å². The molecule has 2 atom stereocenters. The van der Waals surface area contributed by atoms with Crippen LogP contribution in [0.5, 0.6) is 0 Å². The van der Waals surface area contributed by atoms with Crippen molar-refractivity contribution in [2.75, 3.05) is 6.54 Å². The third-order valence-electron chi connectivity index (χ3n) is 3.70. The van der Waals surface area contributed by atoms with Gasteiger partial charge in [-0.05, 0) is 48.4 Å². The molecule has 0 bridgehead atoms. The molecule has 0 aliphatic heterocycles. The summed E-state index contributed by atoms with van der Waals surface area (Å²) in [5.41, 5.74) is 3.91. The lowest BCUT2D eigenvalue weighted by molar-refractivity contribution is 0.479. The first-order valence-corrected chi connectivity index (χ1v) is 7.82. The normalized spacial score (nSPS) is 14.0. The predicted octanol–water partition coefficient (Wildman–Crippen LogP) is 4.61. The SMILES string of the molecule is CCNC(c1ccc(Br)c(C)c1)C(C)c1ccncc1. The minimum atomic E-state index is 0.314. The second-order valence-electron chi connectivity index (χ2n) is 5.11. The molecule has 0 aliphatic rings. The van der Waals surface area contributed by atoms with E-state index < -0.39 is 0 Å². The monoisotopic (exact) mass is 332 g/mol. The molecular weight excluding hydrogens is 312 g/mol. The number of aromatic nitrogens is 1. The molecule has 1 heterocycles. The van der Waals surface area contributed by atoms with Crippen molar-refractivity contribution >= 4 is 15.9 Å². The van der Waals surface area contributed by atoms with Crippen molar-refractivity contribution in [1.29, 1.82) is 0 Å². The highest BCUT2D eigenvalue weighted by Crippen LogP contribution is 2.32. The van der Waals surface area contributed by atoms with Crippen LogP contribution >= 0.6 is 15.9 Å². The standard InChI is InChI=1S/C17H21BrN2/c1-4-20-17(13(3)14-7-9-19-10-8-14)15-5-6-16(18)12(2)11-15/h5-11,13,17,20H,4H2,1-3H3.